The van der Waals surface area contributed by atoms with Crippen LogP contribution < -0.4 is 0 Å². The van der Waals surface area contributed by atoms with E-state index in [1.807, 2.05) is 24.3 Å². The zero-order valence-corrected chi connectivity index (χ0v) is 36.9. The molecule has 6 heteroatoms. The fraction of sp³-hybridized carbons (Fsp3) is 0.0645. The van der Waals surface area contributed by atoms with Crippen LogP contribution in [0.2, 0.25) is 0 Å². The lowest BCUT2D eigenvalue weighted by atomic mass is 9.81. The molecule has 0 spiro atoms. The van der Waals surface area contributed by atoms with E-state index in [2.05, 4.69) is 181 Å². The number of hydrogen-bond donors (Lipinski definition) is 0. The molecule has 5 heterocycles. The fourth-order valence-corrected chi connectivity index (χ4v) is 11.6. The van der Waals surface area contributed by atoms with Crippen molar-refractivity contribution < 1.29 is 13.3 Å². The molecular formula is C62H39N3O3. The Morgan fingerprint density at radius 3 is 1.87 bits per heavy atom. The van der Waals surface area contributed by atoms with Gasteiger partial charge in [-0.1, -0.05) is 140 Å². The summed E-state index contributed by atoms with van der Waals surface area (Å²) in [5.41, 5.74) is 12.2. The van der Waals surface area contributed by atoms with Crippen LogP contribution in [0.4, 0.5) is 0 Å². The molecule has 15 rings (SSSR count). The lowest BCUT2D eigenvalue weighted by molar-refractivity contribution is 0.535. The third-order valence-corrected chi connectivity index (χ3v) is 14.6. The van der Waals surface area contributed by atoms with Gasteiger partial charge < -0.3 is 17.8 Å². The molecular weight excluding hydrogens is 835 g/mol. The predicted molar refractivity (Wildman–Crippen MR) is 280 cm³/mol. The topological polar surface area (TPSA) is 69.1 Å². The molecule has 0 fully saturated rings. The van der Waals surface area contributed by atoms with Crippen molar-refractivity contribution in [3.05, 3.63) is 211 Å². The van der Waals surface area contributed by atoms with Crippen LogP contribution in [-0.4, -0.2) is 16.1 Å². The lowest BCUT2D eigenvalue weighted by Crippen LogP contribution is -2.28. The minimum absolute atomic E-state index is 0.149. The summed E-state index contributed by atoms with van der Waals surface area (Å²) >= 11 is 0. The summed E-state index contributed by atoms with van der Waals surface area (Å²) in [4.78, 5) is 11.6. The first-order valence-electron chi connectivity index (χ1n) is 23.4. The molecule has 4 aromatic heterocycles. The summed E-state index contributed by atoms with van der Waals surface area (Å²) in [5, 5.41) is 13.4. The van der Waals surface area contributed by atoms with Crippen molar-refractivity contribution >= 4 is 121 Å². The zero-order valence-electron chi connectivity index (χ0n) is 36.9. The van der Waals surface area contributed by atoms with Gasteiger partial charge in [0.2, 0.25) is 0 Å². The standard InChI is InChI=1S/C62H39N3O3/c1-2-39-59(44-22-13-27-53-57(44)42-20-8-11-25-51(42)66-53)63-62(45-23-14-28-54-58(45)43-21-9-12-26-52(43)67-54)64-60(39)48-34-38(33-47-56-40-18-6-5-15-35(40)29-30-55(56)68-61(47)48)65-49-24-10-7-19-41(49)46-31-36-16-3-4-17-37(36)32-50(46)65/h3-34,39,59H,2H2,1H3/t39-,59?/m0/s1. The molecule has 2 atom stereocenters. The third-order valence-electron chi connectivity index (χ3n) is 14.6. The van der Waals surface area contributed by atoms with E-state index in [1.54, 1.807) is 0 Å². The Bertz CT molecular complexity index is 4520. The van der Waals surface area contributed by atoms with Gasteiger partial charge in [0.1, 0.15) is 33.5 Å². The molecule has 10 aromatic carbocycles. The van der Waals surface area contributed by atoms with E-state index in [4.69, 9.17) is 23.2 Å². The Balaban J connectivity index is 1.08. The van der Waals surface area contributed by atoms with Crippen LogP contribution in [0, 0.1) is 5.92 Å². The second-order valence-electron chi connectivity index (χ2n) is 18.2. The first kappa shape index (κ1) is 37.5. The Morgan fingerprint density at radius 1 is 0.441 bits per heavy atom. The van der Waals surface area contributed by atoms with Crippen molar-refractivity contribution in [1.29, 1.82) is 0 Å². The van der Waals surface area contributed by atoms with Crippen molar-refractivity contribution in [3.63, 3.8) is 0 Å². The molecule has 68 heavy (non-hydrogen) atoms. The van der Waals surface area contributed by atoms with E-state index in [0.717, 1.165) is 122 Å². The molecule has 0 radical (unpaired) electrons. The second kappa shape index (κ2) is 14.1. The third kappa shape index (κ3) is 5.28. The van der Waals surface area contributed by atoms with Crippen LogP contribution in [0.1, 0.15) is 36.1 Å². The Hall–Kier alpha value is -8.74. The van der Waals surface area contributed by atoms with Crippen molar-refractivity contribution in [3.8, 4) is 5.69 Å². The summed E-state index contributed by atoms with van der Waals surface area (Å²) < 4.78 is 22.7. The maximum Gasteiger partial charge on any atom is 0.156 e. The number of aromatic nitrogens is 1. The second-order valence-corrected chi connectivity index (χ2v) is 18.2. The normalized spacial score (nSPS) is 15.7. The largest absolute Gasteiger partial charge is 0.456 e. The summed E-state index contributed by atoms with van der Waals surface area (Å²) in [6.07, 6.45) is 0.765. The van der Waals surface area contributed by atoms with Gasteiger partial charge in [-0.05, 0) is 94.2 Å². The van der Waals surface area contributed by atoms with Crippen molar-refractivity contribution in [1.82, 2.24) is 4.57 Å². The maximum absolute atomic E-state index is 7.20. The van der Waals surface area contributed by atoms with E-state index in [1.165, 1.54) is 21.5 Å². The summed E-state index contributed by atoms with van der Waals surface area (Å²) in [6.45, 7) is 2.26. The first-order valence-corrected chi connectivity index (χ1v) is 23.4. The number of para-hydroxylation sites is 3. The van der Waals surface area contributed by atoms with E-state index in [0.29, 0.717) is 5.84 Å². The summed E-state index contributed by atoms with van der Waals surface area (Å²) in [6, 6.07) is 68.6. The Morgan fingerprint density at radius 2 is 1.07 bits per heavy atom. The minimum Gasteiger partial charge on any atom is -0.456 e. The van der Waals surface area contributed by atoms with Gasteiger partial charge in [0.05, 0.1) is 22.8 Å². The van der Waals surface area contributed by atoms with E-state index in [-0.39, 0.29) is 12.0 Å². The highest BCUT2D eigenvalue weighted by molar-refractivity contribution is 6.28. The van der Waals surface area contributed by atoms with Gasteiger partial charge in [0, 0.05) is 65.8 Å². The van der Waals surface area contributed by atoms with Crippen LogP contribution >= 0.6 is 0 Å². The highest BCUT2D eigenvalue weighted by Crippen LogP contribution is 2.46. The average Bonchev–Trinajstić information content (AvgIpc) is 4.16. The molecule has 320 valence electrons. The summed E-state index contributed by atoms with van der Waals surface area (Å²) in [5.74, 6) is 0.504. The molecule has 1 aliphatic heterocycles. The quantitative estimate of drug-likeness (QED) is 0.173. The van der Waals surface area contributed by atoms with E-state index < -0.39 is 0 Å². The molecule has 6 nitrogen and oxygen atoms in total. The monoisotopic (exact) mass is 873 g/mol. The molecule has 0 N–H and O–H groups in total. The molecule has 0 bridgehead atoms. The first-order chi connectivity index (χ1) is 33.7. The van der Waals surface area contributed by atoms with Gasteiger partial charge >= 0.3 is 0 Å². The highest BCUT2D eigenvalue weighted by atomic mass is 16.3. The Kier molecular flexibility index (Phi) is 7.79. The van der Waals surface area contributed by atoms with Gasteiger partial charge in [0.25, 0.3) is 0 Å². The van der Waals surface area contributed by atoms with Crippen LogP contribution in [0.25, 0.3) is 115 Å². The van der Waals surface area contributed by atoms with Crippen molar-refractivity contribution in [2.24, 2.45) is 15.9 Å². The number of nitrogens with zero attached hydrogens (tertiary/aromatic N) is 3. The molecule has 1 unspecified atom stereocenters. The van der Waals surface area contributed by atoms with Gasteiger partial charge in [-0.15, -0.1) is 0 Å². The highest BCUT2D eigenvalue weighted by Gasteiger charge is 2.36. The molecule has 14 aromatic rings. The Labute approximate surface area is 388 Å². The van der Waals surface area contributed by atoms with Gasteiger partial charge in [-0.25, -0.2) is 4.99 Å². The average molecular weight is 874 g/mol. The predicted octanol–water partition coefficient (Wildman–Crippen LogP) is 16.8. The number of benzene rings is 10. The van der Waals surface area contributed by atoms with Crippen LogP contribution in [0.15, 0.2) is 217 Å². The molecule has 0 aliphatic carbocycles. The molecule has 1 aliphatic rings. The maximum atomic E-state index is 7.20. The van der Waals surface area contributed by atoms with Crippen LogP contribution in [0.3, 0.4) is 0 Å². The number of aliphatic imine (C=N–C) groups is 2. The number of fused-ring (bicyclic) bond motifs is 15. The number of rotatable bonds is 5. The molecule has 0 saturated heterocycles. The van der Waals surface area contributed by atoms with Crippen molar-refractivity contribution in [2.75, 3.05) is 0 Å². The van der Waals surface area contributed by atoms with E-state index >= 15 is 0 Å². The molecule has 0 saturated carbocycles. The van der Waals surface area contributed by atoms with Gasteiger partial charge in [-0.3, -0.25) is 4.99 Å². The SMILES string of the molecule is CC[C@@H]1C(c2cc(-n3c4ccccc4c4cc5ccccc5cc43)cc3c2oc2ccc4ccccc4c23)=NC(c2cccc3oc4ccccc4c23)=NC1c1cccc2oc3ccccc3c12. The fourth-order valence-electron chi connectivity index (χ4n) is 11.6. The van der Waals surface area contributed by atoms with E-state index in [9.17, 15) is 0 Å². The van der Waals surface area contributed by atoms with Gasteiger partial charge in [-0.2, -0.15) is 0 Å². The van der Waals surface area contributed by atoms with Crippen LogP contribution in [-0.2, 0) is 0 Å². The number of amidine groups is 1. The van der Waals surface area contributed by atoms with Gasteiger partial charge in [0.15, 0.2) is 5.84 Å². The lowest BCUT2D eigenvalue weighted by Gasteiger charge is -2.30. The summed E-state index contributed by atoms with van der Waals surface area (Å²) in [7, 11) is 0. The zero-order chi connectivity index (χ0) is 44.6. The number of furan rings is 3. The minimum atomic E-state index is -0.329. The smallest absolute Gasteiger partial charge is 0.156 e. The number of hydrogen-bond acceptors (Lipinski definition) is 5. The van der Waals surface area contributed by atoms with Crippen LogP contribution in [0.5, 0.6) is 0 Å². The molecule has 0 amide bonds. The van der Waals surface area contributed by atoms with Crippen molar-refractivity contribution in [2.45, 2.75) is 19.4 Å².